The molecule has 1 fully saturated rings. The molecular weight excluding hydrogens is 306 g/mol. The minimum absolute atomic E-state index is 0.262. The van der Waals surface area contributed by atoms with Gasteiger partial charge in [0.25, 0.3) is 0 Å². The molecule has 1 aromatic heterocycles. The zero-order valence-corrected chi connectivity index (χ0v) is 11.9. The van der Waals surface area contributed by atoms with Crippen molar-refractivity contribution in [3.63, 3.8) is 0 Å². The number of halogens is 1. The summed E-state index contributed by atoms with van der Waals surface area (Å²) < 4.78 is 1.02. The van der Waals surface area contributed by atoms with Crippen molar-refractivity contribution in [2.24, 2.45) is 5.73 Å². The highest BCUT2D eigenvalue weighted by Gasteiger charge is 2.48. The third-order valence-corrected chi connectivity index (χ3v) is 4.33. The molecule has 2 aromatic rings. The second-order valence-corrected chi connectivity index (χ2v) is 5.76. The van der Waals surface area contributed by atoms with Crippen LogP contribution in [-0.4, -0.2) is 16.4 Å². The second kappa shape index (κ2) is 4.58. The molecule has 3 N–H and O–H groups in total. The largest absolute Gasteiger partial charge is 0.368 e. The molecule has 1 saturated carbocycles. The Morgan fingerprint density at radius 3 is 2.89 bits per heavy atom. The van der Waals surface area contributed by atoms with Crippen LogP contribution in [0.2, 0.25) is 0 Å². The van der Waals surface area contributed by atoms with Crippen molar-refractivity contribution in [2.75, 3.05) is 0 Å². The van der Waals surface area contributed by atoms with Gasteiger partial charge in [-0.05, 0) is 30.5 Å². The number of hydrogen-bond donors (Lipinski definition) is 2. The van der Waals surface area contributed by atoms with Gasteiger partial charge < -0.3 is 5.73 Å². The van der Waals surface area contributed by atoms with E-state index >= 15 is 0 Å². The van der Waals surface area contributed by atoms with Crippen LogP contribution in [0.15, 0.2) is 34.9 Å². The summed E-state index contributed by atoms with van der Waals surface area (Å²) in [6.07, 6.45) is 3.42. The Morgan fingerprint density at radius 2 is 2.21 bits per heavy atom. The van der Waals surface area contributed by atoms with Gasteiger partial charge >= 0.3 is 0 Å². The molecule has 0 radical (unpaired) electrons. The minimum atomic E-state index is -0.492. The summed E-state index contributed by atoms with van der Waals surface area (Å²) in [5.41, 5.74) is 6.94. The Kier molecular flexibility index (Phi) is 3.03. The minimum Gasteiger partial charge on any atom is -0.368 e. The lowest BCUT2D eigenvalue weighted by Crippen LogP contribution is -2.43. The number of pyridine rings is 1. The van der Waals surface area contributed by atoms with Crippen LogP contribution < -0.4 is 11.1 Å². The van der Waals surface area contributed by atoms with Crippen LogP contribution in [0, 0.1) is 0 Å². The van der Waals surface area contributed by atoms with E-state index in [9.17, 15) is 4.79 Å². The van der Waals surface area contributed by atoms with Gasteiger partial charge in [0.1, 0.15) is 0 Å². The number of carbonyl (C=O) groups excluding carboxylic acids is 1. The van der Waals surface area contributed by atoms with E-state index in [1.165, 1.54) is 0 Å². The summed E-state index contributed by atoms with van der Waals surface area (Å²) in [5.74, 6) is -0.262. The molecule has 0 bridgehead atoms. The lowest BCUT2D eigenvalue weighted by atomic mass is 10.1. The van der Waals surface area contributed by atoms with E-state index in [0.29, 0.717) is 6.54 Å². The summed E-state index contributed by atoms with van der Waals surface area (Å²) in [6.45, 7) is 0.601. The smallest absolute Gasteiger partial charge is 0.237 e. The van der Waals surface area contributed by atoms with E-state index in [0.717, 1.165) is 33.8 Å². The Hall–Kier alpha value is -1.46. The lowest BCUT2D eigenvalue weighted by molar-refractivity contribution is -0.121. The highest BCUT2D eigenvalue weighted by atomic mass is 79.9. The van der Waals surface area contributed by atoms with Crippen molar-refractivity contribution in [2.45, 2.75) is 24.9 Å². The van der Waals surface area contributed by atoms with Gasteiger partial charge in [0.05, 0.1) is 11.1 Å². The molecule has 1 heterocycles. The maximum absolute atomic E-state index is 11.4. The molecule has 1 aromatic carbocycles. The van der Waals surface area contributed by atoms with Crippen molar-refractivity contribution in [1.29, 1.82) is 0 Å². The third kappa shape index (κ3) is 2.24. The molecule has 98 valence electrons. The predicted octanol–water partition coefficient (Wildman–Crippen LogP) is 2.10. The summed E-state index contributed by atoms with van der Waals surface area (Å²) in [4.78, 5) is 15.8. The molecule has 1 amide bonds. The molecule has 0 unspecified atom stereocenters. The van der Waals surface area contributed by atoms with Gasteiger partial charge in [0.15, 0.2) is 0 Å². The van der Waals surface area contributed by atoms with Gasteiger partial charge in [-0.2, -0.15) is 0 Å². The number of nitrogens with two attached hydrogens (primary N) is 1. The number of fused-ring (bicyclic) bond motifs is 1. The Morgan fingerprint density at radius 1 is 1.42 bits per heavy atom. The van der Waals surface area contributed by atoms with Crippen LogP contribution in [0.3, 0.4) is 0 Å². The topological polar surface area (TPSA) is 68.0 Å². The number of carbonyl (C=O) groups is 1. The first kappa shape index (κ1) is 12.6. The van der Waals surface area contributed by atoms with E-state index in [-0.39, 0.29) is 5.91 Å². The Bertz CT molecular complexity index is 652. The van der Waals surface area contributed by atoms with E-state index in [1.54, 1.807) is 6.20 Å². The van der Waals surface area contributed by atoms with Crippen LogP contribution in [0.25, 0.3) is 10.9 Å². The molecule has 0 atom stereocenters. The first-order valence-corrected chi connectivity index (χ1v) is 6.99. The predicted molar refractivity (Wildman–Crippen MR) is 77.4 cm³/mol. The average Bonchev–Trinajstić information content (AvgIpc) is 3.20. The van der Waals surface area contributed by atoms with Gasteiger partial charge in [0, 0.05) is 22.6 Å². The number of nitrogens with zero attached hydrogens (tertiary/aromatic N) is 1. The van der Waals surface area contributed by atoms with Crippen molar-refractivity contribution in [3.05, 3.63) is 40.5 Å². The first-order chi connectivity index (χ1) is 9.12. The van der Waals surface area contributed by atoms with Crippen molar-refractivity contribution in [3.8, 4) is 0 Å². The van der Waals surface area contributed by atoms with Gasteiger partial charge in [-0.1, -0.05) is 28.1 Å². The van der Waals surface area contributed by atoms with E-state index in [4.69, 9.17) is 5.73 Å². The van der Waals surface area contributed by atoms with Crippen molar-refractivity contribution >= 4 is 32.7 Å². The Labute approximate surface area is 119 Å². The standard InChI is InChI=1S/C14H14BrN3O/c15-11-4-3-9(12-10(11)2-1-7-17-12)8-18-14(5-6-14)13(16)19/h1-4,7,18H,5-6,8H2,(H2,16,19). The fourth-order valence-electron chi connectivity index (χ4n) is 2.24. The number of benzene rings is 1. The maximum atomic E-state index is 11.4. The number of nitrogens with one attached hydrogen (secondary N) is 1. The number of primary amides is 1. The molecule has 1 aliphatic carbocycles. The zero-order chi connectivity index (χ0) is 13.5. The molecule has 19 heavy (non-hydrogen) atoms. The maximum Gasteiger partial charge on any atom is 0.237 e. The second-order valence-electron chi connectivity index (χ2n) is 4.91. The highest BCUT2D eigenvalue weighted by molar-refractivity contribution is 9.10. The van der Waals surface area contributed by atoms with Crippen LogP contribution in [-0.2, 0) is 11.3 Å². The summed E-state index contributed by atoms with van der Waals surface area (Å²) in [7, 11) is 0. The van der Waals surface area contributed by atoms with Gasteiger partial charge in [0.2, 0.25) is 5.91 Å². The summed E-state index contributed by atoms with van der Waals surface area (Å²) in [6, 6.07) is 7.96. The highest BCUT2D eigenvalue weighted by Crippen LogP contribution is 2.35. The number of amides is 1. The molecule has 1 aliphatic rings. The van der Waals surface area contributed by atoms with E-state index < -0.39 is 5.54 Å². The third-order valence-electron chi connectivity index (χ3n) is 3.64. The first-order valence-electron chi connectivity index (χ1n) is 6.19. The van der Waals surface area contributed by atoms with Crippen LogP contribution in [0.1, 0.15) is 18.4 Å². The SMILES string of the molecule is NC(=O)C1(NCc2ccc(Br)c3cccnc23)CC1. The fraction of sp³-hybridized carbons (Fsp3) is 0.286. The van der Waals surface area contributed by atoms with Gasteiger partial charge in [-0.25, -0.2) is 0 Å². The van der Waals surface area contributed by atoms with Crippen LogP contribution in [0.5, 0.6) is 0 Å². The van der Waals surface area contributed by atoms with Crippen LogP contribution >= 0.6 is 15.9 Å². The average molecular weight is 320 g/mol. The molecule has 0 spiro atoms. The van der Waals surface area contributed by atoms with E-state index in [1.807, 2.05) is 24.3 Å². The quantitative estimate of drug-likeness (QED) is 0.906. The summed E-state index contributed by atoms with van der Waals surface area (Å²) >= 11 is 3.52. The monoisotopic (exact) mass is 319 g/mol. The molecule has 0 aliphatic heterocycles. The van der Waals surface area contributed by atoms with E-state index in [2.05, 4.69) is 26.2 Å². The van der Waals surface area contributed by atoms with Crippen LogP contribution in [0.4, 0.5) is 0 Å². The van der Waals surface area contributed by atoms with Crippen molar-refractivity contribution in [1.82, 2.24) is 10.3 Å². The molecule has 4 nitrogen and oxygen atoms in total. The van der Waals surface area contributed by atoms with Gasteiger partial charge in [-0.3, -0.25) is 15.1 Å². The Balaban J connectivity index is 1.90. The molecular formula is C14H14BrN3O. The zero-order valence-electron chi connectivity index (χ0n) is 10.3. The summed E-state index contributed by atoms with van der Waals surface area (Å²) in [5, 5.41) is 4.34. The van der Waals surface area contributed by atoms with Crippen molar-refractivity contribution < 1.29 is 4.79 Å². The number of rotatable bonds is 4. The normalized spacial score (nSPS) is 16.5. The molecule has 0 saturated heterocycles. The van der Waals surface area contributed by atoms with Gasteiger partial charge in [-0.15, -0.1) is 0 Å². The number of hydrogen-bond acceptors (Lipinski definition) is 3. The lowest BCUT2D eigenvalue weighted by Gasteiger charge is -2.14. The number of aromatic nitrogens is 1. The molecule has 5 heteroatoms. The molecule has 3 rings (SSSR count). The fourth-order valence-corrected chi connectivity index (χ4v) is 2.69.